The number of benzene rings is 1. The smallest absolute Gasteiger partial charge is 0.272 e. The van der Waals surface area contributed by atoms with E-state index in [0.717, 1.165) is 30.1 Å². The van der Waals surface area contributed by atoms with E-state index in [4.69, 9.17) is 0 Å². The van der Waals surface area contributed by atoms with Gasteiger partial charge in [-0.05, 0) is 43.9 Å². The van der Waals surface area contributed by atoms with Crippen molar-refractivity contribution >= 4 is 5.69 Å². The predicted octanol–water partition coefficient (Wildman–Crippen LogP) is 2.40. The van der Waals surface area contributed by atoms with Gasteiger partial charge in [0.15, 0.2) is 0 Å². The van der Waals surface area contributed by atoms with Crippen LogP contribution >= 0.6 is 0 Å². The number of rotatable bonds is 5. The summed E-state index contributed by atoms with van der Waals surface area (Å²) in [5.41, 5.74) is 2.05. The van der Waals surface area contributed by atoms with Crippen molar-refractivity contribution in [3.63, 3.8) is 0 Å². The third-order valence-electron chi connectivity index (χ3n) is 2.92. The second-order valence-corrected chi connectivity index (χ2v) is 4.45. The van der Waals surface area contributed by atoms with Crippen LogP contribution in [-0.2, 0) is 6.54 Å². The third kappa shape index (κ3) is 2.79. The van der Waals surface area contributed by atoms with Gasteiger partial charge in [-0.3, -0.25) is 10.1 Å². The quantitative estimate of drug-likeness (QED) is 0.612. The van der Waals surface area contributed by atoms with Crippen molar-refractivity contribution in [3.05, 3.63) is 39.4 Å². The minimum Gasteiger partial charge on any atom is -0.312 e. The highest BCUT2D eigenvalue weighted by molar-refractivity contribution is 5.41. The fourth-order valence-corrected chi connectivity index (χ4v) is 1.77. The van der Waals surface area contributed by atoms with E-state index in [1.165, 1.54) is 12.8 Å². The molecule has 0 aromatic heterocycles. The Morgan fingerprint density at radius 1 is 1.50 bits per heavy atom. The number of nitro benzene ring substituents is 1. The van der Waals surface area contributed by atoms with E-state index >= 15 is 0 Å². The summed E-state index contributed by atoms with van der Waals surface area (Å²) in [6, 6.07) is 5.30. The van der Waals surface area contributed by atoms with E-state index in [9.17, 15) is 10.1 Å². The van der Waals surface area contributed by atoms with E-state index in [1.807, 2.05) is 12.1 Å². The van der Waals surface area contributed by atoms with E-state index in [0.29, 0.717) is 0 Å². The minimum absolute atomic E-state index is 0.200. The standard InChI is InChI=1S/C12H16N2O2/c1-9-6-11(4-5-12(9)14(15)16)8-13-7-10-2-3-10/h4-6,10,13H,2-3,7-8H2,1H3. The maximum Gasteiger partial charge on any atom is 0.272 e. The van der Waals surface area contributed by atoms with Crippen molar-refractivity contribution in [1.82, 2.24) is 5.32 Å². The number of aryl methyl sites for hydroxylation is 1. The molecule has 0 saturated heterocycles. The summed E-state index contributed by atoms with van der Waals surface area (Å²) in [5.74, 6) is 0.860. The third-order valence-corrected chi connectivity index (χ3v) is 2.92. The number of hydrogen-bond acceptors (Lipinski definition) is 3. The van der Waals surface area contributed by atoms with E-state index in [-0.39, 0.29) is 10.6 Å². The normalized spacial score (nSPS) is 15.1. The molecule has 1 fully saturated rings. The van der Waals surface area contributed by atoms with Crippen LogP contribution in [0.2, 0.25) is 0 Å². The van der Waals surface area contributed by atoms with E-state index < -0.39 is 0 Å². The second-order valence-electron chi connectivity index (χ2n) is 4.45. The number of nitrogens with zero attached hydrogens (tertiary/aromatic N) is 1. The molecule has 1 saturated carbocycles. The van der Waals surface area contributed by atoms with Crippen molar-refractivity contribution in [2.24, 2.45) is 5.92 Å². The summed E-state index contributed by atoms with van der Waals surface area (Å²) in [6.45, 7) is 3.65. The predicted molar refractivity (Wildman–Crippen MR) is 62.3 cm³/mol. The molecule has 1 aromatic carbocycles. The highest BCUT2D eigenvalue weighted by Crippen LogP contribution is 2.27. The lowest BCUT2D eigenvalue weighted by Crippen LogP contribution is -2.16. The van der Waals surface area contributed by atoms with Crippen LogP contribution in [0.4, 0.5) is 5.69 Å². The van der Waals surface area contributed by atoms with Gasteiger partial charge in [0.1, 0.15) is 0 Å². The van der Waals surface area contributed by atoms with Crippen LogP contribution in [0.5, 0.6) is 0 Å². The first-order chi connectivity index (χ1) is 7.66. The Hall–Kier alpha value is -1.42. The Balaban J connectivity index is 1.93. The summed E-state index contributed by atoms with van der Waals surface area (Å²) >= 11 is 0. The Kier molecular flexibility index (Phi) is 3.19. The summed E-state index contributed by atoms with van der Waals surface area (Å²) in [6.07, 6.45) is 2.68. The molecule has 0 unspecified atom stereocenters. The van der Waals surface area contributed by atoms with Crippen LogP contribution in [0.15, 0.2) is 18.2 Å². The average molecular weight is 220 g/mol. The summed E-state index contributed by atoms with van der Waals surface area (Å²) in [4.78, 5) is 10.3. The lowest BCUT2D eigenvalue weighted by atomic mass is 10.1. The molecular formula is C12H16N2O2. The number of nitrogens with one attached hydrogen (secondary N) is 1. The molecule has 1 aliphatic carbocycles. The molecule has 16 heavy (non-hydrogen) atoms. The molecule has 86 valence electrons. The zero-order valence-electron chi connectivity index (χ0n) is 9.40. The molecule has 4 heteroatoms. The van der Waals surface area contributed by atoms with Gasteiger partial charge in [-0.2, -0.15) is 0 Å². The number of nitro groups is 1. The van der Waals surface area contributed by atoms with Gasteiger partial charge in [0.25, 0.3) is 5.69 Å². The highest BCUT2D eigenvalue weighted by Gasteiger charge is 2.20. The fraction of sp³-hybridized carbons (Fsp3) is 0.500. The van der Waals surface area contributed by atoms with Crippen LogP contribution in [0.1, 0.15) is 24.0 Å². The van der Waals surface area contributed by atoms with Gasteiger partial charge in [-0.15, -0.1) is 0 Å². The maximum absolute atomic E-state index is 10.6. The van der Waals surface area contributed by atoms with Crippen molar-refractivity contribution in [1.29, 1.82) is 0 Å². The zero-order valence-corrected chi connectivity index (χ0v) is 9.40. The molecule has 4 nitrogen and oxygen atoms in total. The molecule has 1 aliphatic rings. The Bertz CT molecular complexity index is 400. The molecule has 1 aromatic rings. The van der Waals surface area contributed by atoms with Crippen molar-refractivity contribution in [3.8, 4) is 0 Å². The zero-order chi connectivity index (χ0) is 11.5. The molecule has 0 spiro atoms. The van der Waals surface area contributed by atoms with Gasteiger partial charge in [-0.1, -0.05) is 6.07 Å². The molecular weight excluding hydrogens is 204 g/mol. The SMILES string of the molecule is Cc1cc(CNCC2CC2)ccc1[N+](=O)[O-]. The summed E-state index contributed by atoms with van der Waals surface area (Å²) < 4.78 is 0. The van der Waals surface area contributed by atoms with Crippen molar-refractivity contribution in [2.45, 2.75) is 26.3 Å². The molecule has 1 N–H and O–H groups in total. The molecule has 2 rings (SSSR count). The molecule has 0 bridgehead atoms. The van der Waals surface area contributed by atoms with Gasteiger partial charge in [0, 0.05) is 18.2 Å². The van der Waals surface area contributed by atoms with E-state index in [1.54, 1.807) is 13.0 Å². The van der Waals surface area contributed by atoms with Crippen molar-refractivity contribution in [2.75, 3.05) is 6.54 Å². The van der Waals surface area contributed by atoms with E-state index in [2.05, 4.69) is 5.32 Å². The largest absolute Gasteiger partial charge is 0.312 e. The lowest BCUT2D eigenvalue weighted by molar-refractivity contribution is -0.385. The van der Waals surface area contributed by atoms with Gasteiger partial charge < -0.3 is 5.32 Å². The topological polar surface area (TPSA) is 55.2 Å². The maximum atomic E-state index is 10.6. The van der Waals surface area contributed by atoms with Crippen LogP contribution < -0.4 is 5.32 Å². The Morgan fingerprint density at radius 2 is 2.25 bits per heavy atom. The number of hydrogen-bond donors (Lipinski definition) is 1. The summed E-state index contributed by atoms with van der Waals surface area (Å²) in [7, 11) is 0. The first kappa shape index (κ1) is 11.1. The van der Waals surface area contributed by atoms with Gasteiger partial charge in [0.2, 0.25) is 0 Å². The van der Waals surface area contributed by atoms with Crippen LogP contribution in [-0.4, -0.2) is 11.5 Å². The Morgan fingerprint density at radius 3 is 2.81 bits per heavy atom. The van der Waals surface area contributed by atoms with Crippen molar-refractivity contribution < 1.29 is 4.92 Å². The first-order valence-corrected chi connectivity index (χ1v) is 5.61. The molecule has 0 heterocycles. The second kappa shape index (κ2) is 4.61. The van der Waals surface area contributed by atoms with Crippen LogP contribution in [0.3, 0.4) is 0 Å². The molecule has 0 amide bonds. The molecule has 0 aliphatic heterocycles. The lowest BCUT2D eigenvalue weighted by Gasteiger charge is -2.05. The van der Waals surface area contributed by atoms with Crippen LogP contribution in [0, 0.1) is 23.0 Å². The highest BCUT2D eigenvalue weighted by atomic mass is 16.6. The van der Waals surface area contributed by atoms with Crippen LogP contribution in [0.25, 0.3) is 0 Å². The van der Waals surface area contributed by atoms with Gasteiger partial charge in [-0.25, -0.2) is 0 Å². The average Bonchev–Trinajstić information content (AvgIpc) is 3.01. The minimum atomic E-state index is -0.337. The van der Waals surface area contributed by atoms with Gasteiger partial charge >= 0.3 is 0 Å². The molecule has 0 radical (unpaired) electrons. The monoisotopic (exact) mass is 220 g/mol. The Labute approximate surface area is 94.8 Å². The molecule has 0 atom stereocenters. The van der Waals surface area contributed by atoms with Gasteiger partial charge in [0.05, 0.1) is 4.92 Å². The summed E-state index contributed by atoms with van der Waals surface area (Å²) in [5, 5.41) is 14.0. The fourth-order valence-electron chi connectivity index (χ4n) is 1.77. The first-order valence-electron chi connectivity index (χ1n) is 5.61.